The first-order valence-electron chi connectivity index (χ1n) is 4.90. The number of hydrogen-bond donors (Lipinski definition) is 0. The van der Waals surface area contributed by atoms with Crippen molar-refractivity contribution in [3.8, 4) is 0 Å². The summed E-state index contributed by atoms with van der Waals surface area (Å²) in [7, 11) is 0. The fraction of sp³-hybridized carbons (Fsp3) is 0.500. The molecule has 5 heteroatoms. The minimum atomic E-state index is 0.121. The van der Waals surface area contributed by atoms with Gasteiger partial charge in [-0.1, -0.05) is 0 Å². The lowest BCUT2D eigenvalue weighted by Crippen LogP contribution is -2.32. The smallest absolute Gasteiger partial charge is 0.264 e. The molecule has 1 amide bonds. The van der Waals surface area contributed by atoms with E-state index in [4.69, 9.17) is 4.74 Å². The van der Waals surface area contributed by atoms with Crippen LogP contribution in [0.2, 0.25) is 0 Å². The fourth-order valence-electron chi connectivity index (χ4n) is 1.53. The van der Waals surface area contributed by atoms with Gasteiger partial charge in [0.05, 0.1) is 15.3 Å². The van der Waals surface area contributed by atoms with Gasteiger partial charge in [-0.3, -0.25) is 4.79 Å². The van der Waals surface area contributed by atoms with Crippen molar-refractivity contribution >= 4 is 33.2 Å². The van der Waals surface area contributed by atoms with Crippen LogP contribution in [0.15, 0.2) is 15.9 Å². The molecule has 0 bridgehead atoms. The number of thiophene rings is 1. The number of nitrogens with zero attached hydrogens (tertiary/aromatic N) is 1. The van der Waals surface area contributed by atoms with Crippen molar-refractivity contribution in [3.63, 3.8) is 0 Å². The van der Waals surface area contributed by atoms with Crippen LogP contribution in [0, 0.1) is 0 Å². The lowest BCUT2D eigenvalue weighted by atomic mass is 10.3. The van der Waals surface area contributed by atoms with Gasteiger partial charge in [-0.05, 0) is 34.5 Å². The van der Waals surface area contributed by atoms with Crippen LogP contribution in [0.5, 0.6) is 0 Å². The van der Waals surface area contributed by atoms with Crippen LogP contribution in [0.3, 0.4) is 0 Å². The van der Waals surface area contributed by atoms with Crippen molar-refractivity contribution < 1.29 is 9.53 Å². The van der Waals surface area contributed by atoms with E-state index in [1.807, 2.05) is 17.0 Å². The van der Waals surface area contributed by atoms with Gasteiger partial charge in [0, 0.05) is 19.7 Å². The van der Waals surface area contributed by atoms with Gasteiger partial charge >= 0.3 is 0 Å². The summed E-state index contributed by atoms with van der Waals surface area (Å²) in [5.74, 6) is 0.121. The van der Waals surface area contributed by atoms with Crippen LogP contribution in [0.4, 0.5) is 0 Å². The molecule has 0 radical (unpaired) electrons. The van der Waals surface area contributed by atoms with Crippen molar-refractivity contribution in [3.05, 3.63) is 20.8 Å². The van der Waals surface area contributed by atoms with Gasteiger partial charge in [0.2, 0.25) is 0 Å². The minimum Gasteiger partial charge on any atom is -0.380 e. The zero-order chi connectivity index (χ0) is 10.7. The van der Waals surface area contributed by atoms with Gasteiger partial charge in [-0.25, -0.2) is 0 Å². The minimum absolute atomic E-state index is 0.121. The number of rotatable bonds is 1. The molecule has 1 aliphatic heterocycles. The lowest BCUT2D eigenvalue weighted by Gasteiger charge is -2.18. The molecule has 0 saturated carbocycles. The van der Waals surface area contributed by atoms with Crippen LogP contribution >= 0.6 is 27.3 Å². The molecule has 3 nitrogen and oxygen atoms in total. The molecule has 2 rings (SSSR count). The molecule has 1 aromatic rings. The monoisotopic (exact) mass is 289 g/mol. The SMILES string of the molecule is O=C(c1ccc(Br)s1)N1CCCOCC1. The summed E-state index contributed by atoms with van der Waals surface area (Å²) in [5.41, 5.74) is 0. The van der Waals surface area contributed by atoms with Crippen molar-refractivity contribution in [2.75, 3.05) is 26.3 Å². The quantitative estimate of drug-likeness (QED) is 0.794. The van der Waals surface area contributed by atoms with Gasteiger partial charge in [-0.15, -0.1) is 11.3 Å². The Bertz CT molecular complexity index is 345. The van der Waals surface area contributed by atoms with Crippen LogP contribution < -0.4 is 0 Å². The highest BCUT2D eigenvalue weighted by Crippen LogP contribution is 2.23. The zero-order valence-electron chi connectivity index (χ0n) is 8.24. The Balaban J connectivity index is 2.06. The van der Waals surface area contributed by atoms with Gasteiger partial charge < -0.3 is 9.64 Å². The third-order valence-corrected chi connectivity index (χ3v) is 3.91. The molecule has 1 fully saturated rings. The summed E-state index contributed by atoms with van der Waals surface area (Å²) < 4.78 is 6.31. The molecule has 15 heavy (non-hydrogen) atoms. The van der Waals surface area contributed by atoms with Crippen LogP contribution in [-0.2, 0) is 4.74 Å². The predicted octanol–water partition coefficient (Wildman–Crippen LogP) is 2.37. The zero-order valence-corrected chi connectivity index (χ0v) is 10.6. The fourth-order valence-corrected chi connectivity index (χ4v) is 2.89. The van der Waals surface area contributed by atoms with E-state index in [0.29, 0.717) is 13.2 Å². The maximum absolute atomic E-state index is 12.0. The van der Waals surface area contributed by atoms with Crippen molar-refractivity contribution in [2.45, 2.75) is 6.42 Å². The molecule has 0 atom stereocenters. The third kappa shape index (κ3) is 2.80. The largest absolute Gasteiger partial charge is 0.380 e. The first-order chi connectivity index (χ1) is 7.27. The van der Waals surface area contributed by atoms with E-state index in [1.54, 1.807) is 0 Å². The highest BCUT2D eigenvalue weighted by molar-refractivity contribution is 9.11. The van der Waals surface area contributed by atoms with Gasteiger partial charge in [0.1, 0.15) is 0 Å². The number of halogens is 1. The average molecular weight is 290 g/mol. The Morgan fingerprint density at radius 3 is 3.00 bits per heavy atom. The van der Waals surface area contributed by atoms with Crippen LogP contribution in [-0.4, -0.2) is 37.1 Å². The normalized spacial score (nSPS) is 17.5. The Kier molecular flexibility index (Phi) is 3.77. The Labute approximate surface area is 101 Å². The summed E-state index contributed by atoms with van der Waals surface area (Å²) in [6, 6.07) is 3.77. The Morgan fingerprint density at radius 1 is 1.40 bits per heavy atom. The predicted molar refractivity (Wildman–Crippen MR) is 63.4 cm³/mol. The number of carbonyl (C=O) groups excluding carboxylic acids is 1. The third-order valence-electron chi connectivity index (χ3n) is 2.29. The molecule has 0 N–H and O–H groups in total. The van der Waals surface area contributed by atoms with Gasteiger partial charge in [0.15, 0.2) is 0 Å². The second kappa shape index (κ2) is 5.09. The second-order valence-electron chi connectivity index (χ2n) is 3.36. The molecule has 0 spiro atoms. The van der Waals surface area contributed by atoms with Crippen molar-refractivity contribution in [1.29, 1.82) is 0 Å². The van der Waals surface area contributed by atoms with Crippen LogP contribution in [0.1, 0.15) is 16.1 Å². The molecule has 1 aromatic heterocycles. The number of amides is 1. The van der Waals surface area contributed by atoms with E-state index in [1.165, 1.54) is 11.3 Å². The first-order valence-corrected chi connectivity index (χ1v) is 6.50. The van der Waals surface area contributed by atoms with Crippen molar-refractivity contribution in [1.82, 2.24) is 4.90 Å². The molecule has 1 saturated heterocycles. The van der Waals surface area contributed by atoms with Crippen molar-refractivity contribution in [2.24, 2.45) is 0 Å². The molecule has 0 aromatic carbocycles. The summed E-state index contributed by atoms with van der Waals surface area (Å²) >= 11 is 4.84. The standard InChI is InChI=1S/C10H12BrNO2S/c11-9-3-2-8(15-9)10(13)12-4-1-6-14-7-5-12/h2-3H,1,4-7H2. The average Bonchev–Trinajstić information content (AvgIpc) is 2.53. The highest BCUT2D eigenvalue weighted by atomic mass is 79.9. The Hall–Kier alpha value is -0.390. The first kappa shape index (κ1) is 11.1. The molecule has 82 valence electrons. The molecular formula is C10H12BrNO2S. The van der Waals surface area contributed by atoms with Gasteiger partial charge in [0.25, 0.3) is 5.91 Å². The topological polar surface area (TPSA) is 29.5 Å². The highest BCUT2D eigenvalue weighted by Gasteiger charge is 2.18. The molecule has 0 aliphatic carbocycles. The maximum atomic E-state index is 12.0. The van der Waals surface area contributed by atoms with Crippen LogP contribution in [0.25, 0.3) is 0 Å². The molecule has 2 heterocycles. The molecule has 0 unspecified atom stereocenters. The van der Waals surface area contributed by atoms with Gasteiger partial charge in [-0.2, -0.15) is 0 Å². The molecular weight excluding hydrogens is 278 g/mol. The van der Waals surface area contributed by atoms with E-state index < -0.39 is 0 Å². The summed E-state index contributed by atoms with van der Waals surface area (Å²) in [5, 5.41) is 0. The number of carbonyl (C=O) groups is 1. The Morgan fingerprint density at radius 2 is 2.27 bits per heavy atom. The number of hydrogen-bond acceptors (Lipinski definition) is 3. The summed E-state index contributed by atoms with van der Waals surface area (Å²) in [6.45, 7) is 2.92. The van der Waals surface area contributed by atoms with E-state index >= 15 is 0 Å². The summed E-state index contributed by atoms with van der Waals surface area (Å²) in [4.78, 5) is 14.7. The number of ether oxygens (including phenoxy) is 1. The van der Waals surface area contributed by atoms with E-state index in [0.717, 1.165) is 28.2 Å². The van der Waals surface area contributed by atoms with E-state index in [-0.39, 0.29) is 5.91 Å². The maximum Gasteiger partial charge on any atom is 0.264 e. The summed E-state index contributed by atoms with van der Waals surface area (Å²) in [6.07, 6.45) is 0.929. The lowest BCUT2D eigenvalue weighted by molar-refractivity contribution is 0.0746. The van der Waals surface area contributed by atoms with E-state index in [2.05, 4.69) is 15.9 Å². The second-order valence-corrected chi connectivity index (χ2v) is 5.82. The van der Waals surface area contributed by atoms with E-state index in [9.17, 15) is 4.79 Å². The molecule has 1 aliphatic rings.